The van der Waals surface area contributed by atoms with Gasteiger partial charge in [0.1, 0.15) is 6.29 Å². The SMILES string of the molecule is CCCCC(C=O)(CCCC)NC(=N)NC1CCN(S(C)(=O)=O)CC1. The molecule has 0 radical (unpaired) electrons. The molecule has 0 aromatic rings. The highest BCUT2D eigenvalue weighted by Gasteiger charge is 2.31. The lowest BCUT2D eigenvalue weighted by Gasteiger charge is -2.34. The molecule has 1 heterocycles. The van der Waals surface area contributed by atoms with Gasteiger partial charge in [-0.05, 0) is 25.7 Å². The highest BCUT2D eigenvalue weighted by Crippen LogP contribution is 2.20. The maximum atomic E-state index is 11.8. The van der Waals surface area contributed by atoms with E-state index in [1.807, 2.05) is 0 Å². The molecule has 0 aliphatic carbocycles. The van der Waals surface area contributed by atoms with Crippen molar-refractivity contribution in [2.75, 3.05) is 19.3 Å². The second kappa shape index (κ2) is 10.1. The molecule has 1 rings (SSSR count). The molecular weight excluding hydrogens is 340 g/mol. The number of nitrogens with zero attached hydrogens (tertiary/aromatic N) is 1. The summed E-state index contributed by atoms with van der Waals surface area (Å²) in [5, 5.41) is 14.5. The zero-order valence-electron chi connectivity index (χ0n) is 15.8. The first kappa shape index (κ1) is 21.9. The molecule has 0 saturated carbocycles. The summed E-state index contributed by atoms with van der Waals surface area (Å²) in [6.07, 6.45) is 8.86. The van der Waals surface area contributed by atoms with Crippen LogP contribution in [0.5, 0.6) is 0 Å². The summed E-state index contributed by atoms with van der Waals surface area (Å²) in [7, 11) is -3.14. The number of hydrogen-bond donors (Lipinski definition) is 3. The van der Waals surface area contributed by atoms with Crippen LogP contribution in [-0.2, 0) is 14.8 Å². The van der Waals surface area contributed by atoms with E-state index in [0.717, 1.165) is 44.8 Å². The van der Waals surface area contributed by atoms with E-state index < -0.39 is 15.6 Å². The molecule has 1 aliphatic rings. The third kappa shape index (κ3) is 7.32. The van der Waals surface area contributed by atoms with E-state index >= 15 is 0 Å². The lowest BCUT2D eigenvalue weighted by atomic mass is 9.88. The van der Waals surface area contributed by atoms with Crippen molar-refractivity contribution in [3.05, 3.63) is 0 Å². The Bertz CT molecular complexity index is 520. The van der Waals surface area contributed by atoms with Gasteiger partial charge in [0.2, 0.25) is 10.0 Å². The highest BCUT2D eigenvalue weighted by molar-refractivity contribution is 7.88. The van der Waals surface area contributed by atoms with Crippen LogP contribution in [0.1, 0.15) is 65.2 Å². The van der Waals surface area contributed by atoms with Gasteiger partial charge in [0.25, 0.3) is 0 Å². The van der Waals surface area contributed by atoms with Crippen molar-refractivity contribution in [1.82, 2.24) is 14.9 Å². The van der Waals surface area contributed by atoms with Crippen LogP contribution >= 0.6 is 0 Å². The lowest BCUT2D eigenvalue weighted by molar-refractivity contribution is -0.113. The molecule has 8 heteroatoms. The predicted octanol–water partition coefficient (Wildman–Crippen LogP) is 1.84. The van der Waals surface area contributed by atoms with Gasteiger partial charge in [-0.2, -0.15) is 0 Å². The molecule has 1 saturated heterocycles. The third-order valence-corrected chi connectivity index (χ3v) is 6.13. The number of hydrogen-bond acceptors (Lipinski definition) is 4. The average Bonchev–Trinajstić information content (AvgIpc) is 2.57. The quantitative estimate of drug-likeness (QED) is 0.308. The van der Waals surface area contributed by atoms with Gasteiger partial charge in [-0.15, -0.1) is 0 Å². The molecular formula is C17H34N4O3S. The van der Waals surface area contributed by atoms with Crippen molar-refractivity contribution in [2.45, 2.75) is 76.8 Å². The zero-order chi connectivity index (χ0) is 18.9. The number of rotatable bonds is 10. The number of guanidine groups is 1. The number of sulfonamides is 1. The Hall–Kier alpha value is -1.15. The Labute approximate surface area is 152 Å². The van der Waals surface area contributed by atoms with E-state index in [1.165, 1.54) is 10.6 Å². The molecule has 0 amide bonds. The highest BCUT2D eigenvalue weighted by atomic mass is 32.2. The van der Waals surface area contributed by atoms with Gasteiger partial charge in [-0.3, -0.25) is 5.41 Å². The monoisotopic (exact) mass is 374 g/mol. The number of piperidine rings is 1. The summed E-state index contributed by atoms with van der Waals surface area (Å²) in [4.78, 5) is 11.8. The molecule has 0 bridgehead atoms. The van der Waals surface area contributed by atoms with Crippen LogP contribution in [0, 0.1) is 5.41 Å². The fraction of sp³-hybridized carbons (Fsp3) is 0.882. The number of carbonyl (C=O) groups is 1. The average molecular weight is 375 g/mol. The molecule has 146 valence electrons. The molecule has 1 fully saturated rings. The first-order valence-corrected chi connectivity index (χ1v) is 11.2. The number of carbonyl (C=O) groups excluding carboxylic acids is 1. The first-order valence-electron chi connectivity index (χ1n) is 9.31. The number of unbranched alkanes of at least 4 members (excludes halogenated alkanes) is 2. The van der Waals surface area contributed by atoms with E-state index in [-0.39, 0.29) is 12.0 Å². The summed E-state index contributed by atoms with van der Waals surface area (Å²) < 4.78 is 24.6. The van der Waals surface area contributed by atoms with Crippen molar-refractivity contribution in [1.29, 1.82) is 5.41 Å². The van der Waals surface area contributed by atoms with E-state index in [1.54, 1.807) is 0 Å². The normalized spacial score (nSPS) is 17.2. The predicted molar refractivity (Wildman–Crippen MR) is 101 cm³/mol. The number of nitrogens with one attached hydrogen (secondary N) is 3. The fourth-order valence-corrected chi connectivity index (χ4v) is 4.08. The summed E-state index contributed by atoms with van der Waals surface area (Å²) in [6.45, 7) is 5.12. The second-order valence-corrected chi connectivity index (χ2v) is 9.04. The van der Waals surface area contributed by atoms with Crippen molar-refractivity contribution in [2.24, 2.45) is 0 Å². The maximum absolute atomic E-state index is 11.8. The Morgan fingerprint density at radius 2 is 1.72 bits per heavy atom. The minimum absolute atomic E-state index is 0.0553. The Morgan fingerprint density at radius 3 is 2.12 bits per heavy atom. The Balaban J connectivity index is 2.58. The molecule has 0 aromatic heterocycles. The van der Waals surface area contributed by atoms with Crippen LogP contribution in [-0.4, -0.2) is 55.9 Å². The summed E-state index contributed by atoms with van der Waals surface area (Å²) >= 11 is 0. The van der Waals surface area contributed by atoms with Crippen LogP contribution in [0.2, 0.25) is 0 Å². The topological polar surface area (TPSA) is 102 Å². The summed E-state index contributed by atoms with van der Waals surface area (Å²) in [6, 6.07) is 0.0553. The van der Waals surface area contributed by atoms with Gasteiger partial charge in [-0.1, -0.05) is 39.5 Å². The largest absolute Gasteiger partial charge is 0.354 e. The minimum Gasteiger partial charge on any atom is -0.354 e. The van der Waals surface area contributed by atoms with Crippen molar-refractivity contribution in [3.63, 3.8) is 0 Å². The first-order chi connectivity index (χ1) is 11.8. The van der Waals surface area contributed by atoms with E-state index in [2.05, 4.69) is 24.5 Å². The van der Waals surface area contributed by atoms with E-state index in [4.69, 9.17) is 5.41 Å². The molecule has 7 nitrogen and oxygen atoms in total. The Kier molecular flexibility index (Phi) is 8.85. The van der Waals surface area contributed by atoms with Crippen LogP contribution in [0.15, 0.2) is 0 Å². The van der Waals surface area contributed by atoms with Crippen LogP contribution in [0.3, 0.4) is 0 Å². The maximum Gasteiger partial charge on any atom is 0.211 e. The standard InChI is InChI=1S/C17H34N4O3S/c1-4-6-10-17(14-22,11-7-5-2)20-16(18)19-15-8-12-21(13-9-15)25(3,23)24/h14-15H,4-13H2,1-3H3,(H3,18,19,20). The molecule has 1 aliphatic heterocycles. The van der Waals surface area contributed by atoms with Crippen molar-refractivity contribution < 1.29 is 13.2 Å². The fourth-order valence-electron chi connectivity index (χ4n) is 3.20. The molecule has 0 aromatic carbocycles. The third-order valence-electron chi connectivity index (χ3n) is 4.82. The van der Waals surface area contributed by atoms with E-state index in [0.29, 0.717) is 25.9 Å². The smallest absolute Gasteiger partial charge is 0.211 e. The second-order valence-electron chi connectivity index (χ2n) is 7.06. The van der Waals surface area contributed by atoms with Gasteiger partial charge in [-0.25, -0.2) is 12.7 Å². The summed E-state index contributed by atoms with van der Waals surface area (Å²) in [5.74, 6) is 0.164. The van der Waals surface area contributed by atoms with Gasteiger partial charge in [0, 0.05) is 19.1 Å². The van der Waals surface area contributed by atoms with Crippen molar-refractivity contribution >= 4 is 22.3 Å². The molecule has 25 heavy (non-hydrogen) atoms. The lowest BCUT2D eigenvalue weighted by Crippen LogP contribution is -2.56. The van der Waals surface area contributed by atoms with Gasteiger partial charge in [0.15, 0.2) is 5.96 Å². The van der Waals surface area contributed by atoms with E-state index in [9.17, 15) is 13.2 Å². The van der Waals surface area contributed by atoms with Gasteiger partial charge >= 0.3 is 0 Å². The molecule has 0 unspecified atom stereocenters. The van der Waals surface area contributed by atoms with Crippen LogP contribution < -0.4 is 10.6 Å². The molecule has 0 spiro atoms. The van der Waals surface area contributed by atoms with Gasteiger partial charge < -0.3 is 15.4 Å². The minimum atomic E-state index is -3.14. The number of aldehydes is 1. The van der Waals surface area contributed by atoms with Gasteiger partial charge in [0.05, 0.1) is 11.8 Å². The van der Waals surface area contributed by atoms with Crippen LogP contribution in [0.4, 0.5) is 0 Å². The zero-order valence-corrected chi connectivity index (χ0v) is 16.6. The molecule has 3 N–H and O–H groups in total. The van der Waals surface area contributed by atoms with Crippen molar-refractivity contribution in [3.8, 4) is 0 Å². The Morgan fingerprint density at radius 1 is 1.20 bits per heavy atom. The molecule has 0 atom stereocenters. The van der Waals surface area contributed by atoms with Crippen LogP contribution in [0.25, 0.3) is 0 Å². The summed E-state index contributed by atoms with van der Waals surface area (Å²) in [5.41, 5.74) is -0.677.